The predicted octanol–water partition coefficient (Wildman–Crippen LogP) is 2.38. The van der Waals surface area contributed by atoms with Gasteiger partial charge < -0.3 is 4.90 Å². The highest BCUT2D eigenvalue weighted by molar-refractivity contribution is 6.04. The lowest BCUT2D eigenvalue weighted by molar-refractivity contribution is -0.131. The molecule has 0 aromatic heterocycles. The molecule has 2 saturated heterocycles. The lowest BCUT2D eigenvalue weighted by Crippen LogP contribution is -2.42. The Kier molecular flexibility index (Phi) is 3.04. The predicted molar refractivity (Wildman–Crippen MR) is 68.0 cm³/mol. The van der Waals surface area contributed by atoms with Crippen molar-refractivity contribution in [1.29, 1.82) is 0 Å². The fourth-order valence-corrected chi connectivity index (χ4v) is 3.67. The molecule has 0 N–H and O–H groups in total. The molecule has 0 radical (unpaired) electrons. The molecule has 2 aliphatic heterocycles. The summed E-state index contributed by atoms with van der Waals surface area (Å²) in [6.07, 6.45) is 7.46. The summed E-state index contributed by atoms with van der Waals surface area (Å²) in [4.78, 5) is 28.3. The summed E-state index contributed by atoms with van der Waals surface area (Å²) in [6, 6.07) is 0.0200. The Morgan fingerprint density at radius 3 is 2.50 bits per heavy atom. The first-order valence-corrected chi connectivity index (χ1v) is 7.32. The second kappa shape index (κ2) is 4.56. The number of carbonyl (C=O) groups excluding carboxylic acids is 2. The smallest absolute Gasteiger partial charge is 0.312 e. The van der Waals surface area contributed by atoms with Crippen molar-refractivity contribution in [1.82, 2.24) is 9.80 Å². The average Bonchev–Trinajstić information content (AvgIpc) is 2.63. The van der Waals surface area contributed by atoms with Crippen LogP contribution in [0.4, 0.5) is 4.79 Å². The zero-order chi connectivity index (χ0) is 12.7. The molecule has 4 nitrogen and oxygen atoms in total. The van der Waals surface area contributed by atoms with E-state index >= 15 is 0 Å². The summed E-state index contributed by atoms with van der Waals surface area (Å²) in [5, 5.41) is 0. The van der Waals surface area contributed by atoms with Gasteiger partial charge in [0.1, 0.15) is 6.04 Å². The standard InChI is InChI=1S/C14H22N2O2/c1-10-7-8-15-12(9-10)13(17)16(14(15)18)11-5-3-2-4-6-11/h10-12H,2-9H2,1H3. The minimum atomic E-state index is -0.150. The van der Waals surface area contributed by atoms with Crippen LogP contribution >= 0.6 is 0 Å². The molecule has 1 saturated carbocycles. The maximum atomic E-state index is 12.5. The molecule has 18 heavy (non-hydrogen) atoms. The van der Waals surface area contributed by atoms with E-state index in [0.29, 0.717) is 5.92 Å². The van der Waals surface area contributed by atoms with E-state index in [0.717, 1.165) is 45.1 Å². The highest BCUT2D eigenvalue weighted by atomic mass is 16.2. The molecule has 1 aliphatic carbocycles. The van der Waals surface area contributed by atoms with Crippen LogP contribution in [0, 0.1) is 5.92 Å². The van der Waals surface area contributed by atoms with Crippen LogP contribution in [0.1, 0.15) is 51.9 Å². The number of imide groups is 1. The van der Waals surface area contributed by atoms with Crippen LogP contribution in [0.15, 0.2) is 0 Å². The van der Waals surface area contributed by atoms with E-state index in [1.165, 1.54) is 6.42 Å². The number of urea groups is 1. The van der Waals surface area contributed by atoms with Gasteiger partial charge in [-0.25, -0.2) is 4.79 Å². The lowest BCUT2D eigenvalue weighted by atomic mass is 9.92. The van der Waals surface area contributed by atoms with Crippen molar-refractivity contribution >= 4 is 11.9 Å². The number of piperidine rings is 1. The van der Waals surface area contributed by atoms with Crippen molar-refractivity contribution in [2.75, 3.05) is 6.54 Å². The van der Waals surface area contributed by atoms with Gasteiger partial charge in [-0.1, -0.05) is 26.2 Å². The molecule has 100 valence electrons. The summed E-state index contributed by atoms with van der Waals surface area (Å²) in [5.74, 6) is 0.646. The lowest BCUT2D eigenvalue weighted by Gasteiger charge is -2.30. The second-order valence-electron chi connectivity index (χ2n) is 6.12. The van der Waals surface area contributed by atoms with Crippen LogP contribution in [-0.4, -0.2) is 40.4 Å². The zero-order valence-electron chi connectivity index (χ0n) is 11.1. The topological polar surface area (TPSA) is 40.6 Å². The zero-order valence-corrected chi connectivity index (χ0v) is 11.1. The minimum Gasteiger partial charge on any atom is -0.312 e. The molecular weight excluding hydrogens is 228 g/mol. The molecule has 0 spiro atoms. The summed E-state index contributed by atoms with van der Waals surface area (Å²) >= 11 is 0. The van der Waals surface area contributed by atoms with Crippen LogP contribution in [0.2, 0.25) is 0 Å². The average molecular weight is 250 g/mol. The Labute approximate surface area is 108 Å². The molecule has 0 aromatic carbocycles. The molecule has 3 rings (SSSR count). The highest BCUT2D eigenvalue weighted by Crippen LogP contribution is 2.34. The maximum Gasteiger partial charge on any atom is 0.327 e. The fraction of sp³-hybridized carbons (Fsp3) is 0.857. The van der Waals surface area contributed by atoms with E-state index < -0.39 is 0 Å². The number of hydrogen-bond acceptors (Lipinski definition) is 2. The van der Waals surface area contributed by atoms with Gasteiger partial charge in [0.2, 0.25) is 0 Å². The molecule has 3 fully saturated rings. The van der Waals surface area contributed by atoms with Gasteiger partial charge >= 0.3 is 6.03 Å². The molecule has 4 heteroatoms. The van der Waals surface area contributed by atoms with Crippen molar-refractivity contribution in [2.24, 2.45) is 5.92 Å². The van der Waals surface area contributed by atoms with Crippen molar-refractivity contribution in [2.45, 2.75) is 64.0 Å². The molecule has 2 unspecified atom stereocenters. The van der Waals surface area contributed by atoms with E-state index in [-0.39, 0.29) is 24.0 Å². The Hall–Kier alpha value is -1.06. The van der Waals surface area contributed by atoms with Gasteiger partial charge in [0.25, 0.3) is 5.91 Å². The molecule has 3 aliphatic rings. The summed E-state index contributed by atoms with van der Waals surface area (Å²) in [5.41, 5.74) is 0. The summed E-state index contributed by atoms with van der Waals surface area (Å²) in [6.45, 7) is 2.94. The Morgan fingerprint density at radius 1 is 1.06 bits per heavy atom. The Balaban J connectivity index is 1.79. The number of rotatable bonds is 1. The number of nitrogens with zero attached hydrogens (tertiary/aromatic N) is 2. The SMILES string of the molecule is CC1CCN2C(=O)N(C3CCCCC3)C(=O)C2C1. The van der Waals surface area contributed by atoms with Gasteiger partial charge in [0, 0.05) is 12.6 Å². The van der Waals surface area contributed by atoms with Gasteiger partial charge in [-0.2, -0.15) is 0 Å². The van der Waals surface area contributed by atoms with Crippen molar-refractivity contribution < 1.29 is 9.59 Å². The van der Waals surface area contributed by atoms with E-state index in [4.69, 9.17) is 0 Å². The van der Waals surface area contributed by atoms with Crippen molar-refractivity contribution in [3.8, 4) is 0 Å². The molecule has 0 aromatic rings. The van der Waals surface area contributed by atoms with Gasteiger partial charge in [0.15, 0.2) is 0 Å². The third kappa shape index (κ3) is 1.82. The minimum absolute atomic E-state index is 0.0104. The third-order valence-electron chi connectivity index (χ3n) is 4.78. The maximum absolute atomic E-state index is 12.5. The first-order valence-electron chi connectivity index (χ1n) is 7.32. The molecule has 2 atom stereocenters. The van der Waals surface area contributed by atoms with Crippen LogP contribution < -0.4 is 0 Å². The monoisotopic (exact) mass is 250 g/mol. The Morgan fingerprint density at radius 2 is 1.78 bits per heavy atom. The van der Waals surface area contributed by atoms with Crippen molar-refractivity contribution in [3.63, 3.8) is 0 Å². The second-order valence-corrected chi connectivity index (χ2v) is 6.12. The third-order valence-corrected chi connectivity index (χ3v) is 4.78. The fourth-order valence-electron chi connectivity index (χ4n) is 3.67. The van der Waals surface area contributed by atoms with E-state index in [2.05, 4.69) is 6.92 Å². The van der Waals surface area contributed by atoms with Gasteiger partial charge in [-0.15, -0.1) is 0 Å². The molecular formula is C14H22N2O2. The van der Waals surface area contributed by atoms with Crippen LogP contribution in [-0.2, 0) is 4.79 Å². The molecule has 0 bridgehead atoms. The number of carbonyl (C=O) groups is 2. The number of hydrogen-bond donors (Lipinski definition) is 0. The van der Waals surface area contributed by atoms with E-state index in [1.54, 1.807) is 4.90 Å². The molecule has 2 heterocycles. The van der Waals surface area contributed by atoms with Gasteiger partial charge in [-0.3, -0.25) is 9.69 Å². The first-order chi connectivity index (χ1) is 8.68. The van der Waals surface area contributed by atoms with E-state index in [1.807, 2.05) is 4.90 Å². The largest absolute Gasteiger partial charge is 0.327 e. The number of amides is 3. The highest BCUT2D eigenvalue weighted by Gasteiger charge is 2.49. The van der Waals surface area contributed by atoms with Gasteiger partial charge in [-0.05, 0) is 31.6 Å². The quantitative estimate of drug-likeness (QED) is 0.670. The first kappa shape index (κ1) is 12.0. The van der Waals surface area contributed by atoms with E-state index in [9.17, 15) is 9.59 Å². The van der Waals surface area contributed by atoms with Crippen molar-refractivity contribution in [3.05, 3.63) is 0 Å². The molecule has 3 amide bonds. The summed E-state index contributed by atoms with van der Waals surface area (Å²) in [7, 11) is 0. The Bertz CT molecular complexity index is 363. The van der Waals surface area contributed by atoms with Crippen LogP contribution in [0.25, 0.3) is 0 Å². The van der Waals surface area contributed by atoms with Crippen LogP contribution in [0.3, 0.4) is 0 Å². The van der Waals surface area contributed by atoms with Gasteiger partial charge in [0.05, 0.1) is 0 Å². The normalized spacial score (nSPS) is 34.1. The number of fused-ring (bicyclic) bond motifs is 1. The summed E-state index contributed by atoms with van der Waals surface area (Å²) < 4.78 is 0. The van der Waals surface area contributed by atoms with Crippen LogP contribution in [0.5, 0.6) is 0 Å².